The van der Waals surface area contributed by atoms with Crippen molar-refractivity contribution in [3.63, 3.8) is 0 Å². The lowest BCUT2D eigenvalue weighted by molar-refractivity contribution is 0.448. The molecule has 58 valence electrons. The Bertz CT molecular complexity index is 134. The predicted octanol–water partition coefficient (Wildman–Crippen LogP) is 0.967. The molecular formula is C8H16N2. The van der Waals surface area contributed by atoms with Crippen molar-refractivity contribution in [2.24, 2.45) is 5.73 Å². The van der Waals surface area contributed by atoms with Gasteiger partial charge in [0.15, 0.2) is 0 Å². The molecule has 0 saturated heterocycles. The number of hydrogen-bond acceptors (Lipinski definition) is 2. The summed E-state index contributed by atoms with van der Waals surface area (Å²) in [5, 5.41) is 0. The minimum absolute atomic E-state index is 0.949. The van der Waals surface area contributed by atoms with Gasteiger partial charge in [-0.1, -0.05) is 6.08 Å². The lowest BCUT2D eigenvalue weighted by Gasteiger charge is -2.08. The first-order valence-electron chi connectivity index (χ1n) is 3.39. The Balaban J connectivity index is 3.86. The molecule has 0 aliphatic rings. The molecule has 0 aromatic heterocycles. The second-order valence-electron chi connectivity index (χ2n) is 2.46. The van der Waals surface area contributed by atoms with E-state index in [2.05, 4.69) is 11.0 Å². The fourth-order valence-corrected chi connectivity index (χ4v) is 0.729. The average Bonchev–Trinajstić information content (AvgIpc) is 1.86. The van der Waals surface area contributed by atoms with Gasteiger partial charge < -0.3 is 10.6 Å². The maximum Gasteiger partial charge on any atom is 0.0224 e. The van der Waals surface area contributed by atoms with Crippen LogP contribution in [0, 0.1) is 0 Å². The Labute approximate surface area is 63.0 Å². The highest BCUT2D eigenvalue weighted by Gasteiger charge is 1.91. The number of hydrogen-bond donors (Lipinski definition) is 1. The van der Waals surface area contributed by atoms with Crippen molar-refractivity contribution in [2.45, 2.75) is 6.92 Å². The van der Waals surface area contributed by atoms with E-state index in [1.54, 1.807) is 6.20 Å². The maximum atomic E-state index is 5.24. The second kappa shape index (κ2) is 5.06. The molecule has 0 atom stereocenters. The van der Waals surface area contributed by atoms with Gasteiger partial charge in [0, 0.05) is 6.54 Å². The van der Waals surface area contributed by atoms with Gasteiger partial charge in [-0.2, -0.15) is 0 Å². The molecule has 0 saturated carbocycles. The molecule has 0 aliphatic carbocycles. The van der Waals surface area contributed by atoms with E-state index in [1.165, 1.54) is 5.57 Å². The topological polar surface area (TPSA) is 29.3 Å². The number of likely N-dealkylation sites (N-methyl/N-ethyl adjacent to an activating group) is 1. The van der Waals surface area contributed by atoms with Crippen LogP contribution in [-0.2, 0) is 0 Å². The van der Waals surface area contributed by atoms with Gasteiger partial charge in [-0.3, -0.25) is 0 Å². The molecule has 0 heterocycles. The fourth-order valence-electron chi connectivity index (χ4n) is 0.729. The number of rotatable bonds is 3. The molecule has 10 heavy (non-hydrogen) atoms. The van der Waals surface area contributed by atoms with Crippen LogP contribution >= 0.6 is 0 Å². The van der Waals surface area contributed by atoms with Crippen LogP contribution in [0.3, 0.4) is 0 Å². The third kappa shape index (κ3) is 4.15. The smallest absolute Gasteiger partial charge is 0.0224 e. The summed E-state index contributed by atoms with van der Waals surface area (Å²) in [6.45, 7) is 2.96. The summed E-state index contributed by atoms with van der Waals surface area (Å²) in [6.07, 6.45) is 5.54. The molecule has 0 aromatic rings. The van der Waals surface area contributed by atoms with Crippen LogP contribution in [0.5, 0.6) is 0 Å². The van der Waals surface area contributed by atoms with Gasteiger partial charge >= 0.3 is 0 Å². The Hall–Kier alpha value is -0.760. The van der Waals surface area contributed by atoms with Crippen LogP contribution < -0.4 is 5.73 Å². The van der Waals surface area contributed by atoms with E-state index >= 15 is 0 Å². The molecule has 0 amide bonds. The first-order chi connectivity index (χ1) is 4.70. The van der Waals surface area contributed by atoms with Gasteiger partial charge in [-0.25, -0.2) is 0 Å². The zero-order valence-corrected chi connectivity index (χ0v) is 6.96. The predicted molar refractivity (Wildman–Crippen MR) is 45.6 cm³/mol. The monoisotopic (exact) mass is 140 g/mol. The molecule has 0 spiro atoms. The average molecular weight is 140 g/mol. The van der Waals surface area contributed by atoms with E-state index in [-0.39, 0.29) is 0 Å². The molecule has 2 nitrogen and oxygen atoms in total. The first-order valence-corrected chi connectivity index (χ1v) is 3.39. The van der Waals surface area contributed by atoms with E-state index in [4.69, 9.17) is 5.73 Å². The van der Waals surface area contributed by atoms with Crippen molar-refractivity contribution in [2.75, 3.05) is 20.6 Å². The Kier molecular flexibility index (Phi) is 4.67. The fraction of sp³-hybridized carbons (Fsp3) is 0.500. The van der Waals surface area contributed by atoms with Crippen LogP contribution in [0.4, 0.5) is 0 Å². The van der Waals surface area contributed by atoms with E-state index < -0.39 is 0 Å². The van der Waals surface area contributed by atoms with Gasteiger partial charge in [-0.05, 0) is 38.9 Å². The van der Waals surface area contributed by atoms with Crippen LogP contribution in [0.15, 0.2) is 23.9 Å². The van der Waals surface area contributed by atoms with Crippen molar-refractivity contribution in [1.82, 2.24) is 4.90 Å². The summed E-state index contributed by atoms with van der Waals surface area (Å²) < 4.78 is 0. The third-order valence-corrected chi connectivity index (χ3v) is 1.18. The van der Waals surface area contributed by atoms with Crippen molar-refractivity contribution in [1.29, 1.82) is 0 Å². The van der Waals surface area contributed by atoms with Gasteiger partial charge in [-0.15, -0.1) is 0 Å². The van der Waals surface area contributed by atoms with Gasteiger partial charge in [0.1, 0.15) is 0 Å². The van der Waals surface area contributed by atoms with Gasteiger partial charge in [0.25, 0.3) is 0 Å². The van der Waals surface area contributed by atoms with Crippen molar-refractivity contribution >= 4 is 0 Å². The van der Waals surface area contributed by atoms with Crippen LogP contribution in [0.1, 0.15) is 6.92 Å². The Morgan fingerprint density at radius 3 is 2.40 bits per heavy atom. The van der Waals surface area contributed by atoms with Crippen molar-refractivity contribution in [3.8, 4) is 0 Å². The zero-order valence-electron chi connectivity index (χ0n) is 6.96. The summed E-state index contributed by atoms with van der Waals surface area (Å²) in [4.78, 5) is 2.11. The molecule has 0 aliphatic heterocycles. The first kappa shape index (κ1) is 9.24. The highest BCUT2D eigenvalue weighted by Crippen LogP contribution is 1.96. The second-order valence-corrected chi connectivity index (χ2v) is 2.46. The molecule has 0 bridgehead atoms. The summed E-state index contributed by atoms with van der Waals surface area (Å²) >= 11 is 0. The molecule has 2 heteroatoms. The number of nitrogens with two attached hydrogens (primary N) is 1. The summed E-state index contributed by atoms with van der Waals surface area (Å²) in [5.74, 6) is 0. The molecule has 0 aromatic carbocycles. The SMILES string of the molecule is C/C=C(\C=C/N)CN(C)C. The summed E-state index contributed by atoms with van der Waals surface area (Å²) in [7, 11) is 4.07. The molecule has 0 unspecified atom stereocenters. The van der Waals surface area contributed by atoms with E-state index in [0.717, 1.165) is 6.54 Å². The third-order valence-electron chi connectivity index (χ3n) is 1.18. The Morgan fingerprint density at radius 1 is 1.50 bits per heavy atom. The van der Waals surface area contributed by atoms with Crippen LogP contribution in [-0.4, -0.2) is 25.5 Å². The summed E-state index contributed by atoms with van der Waals surface area (Å²) in [6, 6.07) is 0. The van der Waals surface area contributed by atoms with Gasteiger partial charge in [0.2, 0.25) is 0 Å². The quantitative estimate of drug-likeness (QED) is 0.592. The number of nitrogens with zero attached hydrogens (tertiary/aromatic N) is 1. The Morgan fingerprint density at radius 2 is 2.10 bits per heavy atom. The van der Waals surface area contributed by atoms with E-state index in [1.807, 2.05) is 27.1 Å². The van der Waals surface area contributed by atoms with Crippen molar-refractivity contribution < 1.29 is 0 Å². The standard InChI is InChI=1S/C8H16N2/c1-4-8(5-6-9)7-10(2)3/h4-6H,7,9H2,1-3H3/b6-5-,8-4+. The molecular weight excluding hydrogens is 124 g/mol. The van der Waals surface area contributed by atoms with E-state index in [9.17, 15) is 0 Å². The van der Waals surface area contributed by atoms with Crippen molar-refractivity contribution in [3.05, 3.63) is 23.9 Å². The lowest BCUT2D eigenvalue weighted by Crippen LogP contribution is -2.14. The highest BCUT2D eigenvalue weighted by molar-refractivity contribution is 5.18. The zero-order chi connectivity index (χ0) is 7.98. The molecule has 0 rings (SSSR count). The number of allylic oxidation sites excluding steroid dienone is 1. The largest absolute Gasteiger partial charge is 0.405 e. The maximum absolute atomic E-state index is 5.24. The summed E-state index contributed by atoms with van der Waals surface area (Å²) in [5.41, 5.74) is 6.48. The lowest BCUT2D eigenvalue weighted by atomic mass is 10.2. The minimum atomic E-state index is 0.949. The molecule has 2 N–H and O–H groups in total. The normalized spacial score (nSPS) is 13.4. The molecule has 0 fully saturated rings. The minimum Gasteiger partial charge on any atom is -0.405 e. The van der Waals surface area contributed by atoms with E-state index in [0.29, 0.717) is 0 Å². The van der Waals surface area contributed by atoms with Gasteiger partial charge in [0.05, 0.1) is 0 Å². The van der Waals surface area contributed by atoms with Crippen LogP contribution in [0.2, 0.25) is 0 Å². The van der Waals surface area contributed by atoms with Crippen LogP contribution in [0.25, 0.3) is 0 Å². The highest BCUT2D eigenvalue weighted by atomic mass is 15.0. The molecule has 0 radical (unpaired) electrons.